The number of rotatable bonds is 6. The van der Waals surface area contributed by atoms with E-state index in [4.69, 9.17) is 0 Å². The van der Waals surface area contributed by atoms with Gasteiger partial charge in [0.15, 0.2) is 0 Å². The van der Waals surface area contributed by atoms with E-state index in [0.29, 0.717) is 45.2 Å². The number of hydrogen-bond acceptors (Lipinski definition) is 4. The lowest BCUT2D eigenvalue weighted by Crippen LogP contribution is -2.48. The molecule has 1 aliphatic heterocycles. The van der Waals surface area contributed by atoms with E-state index < -0.39 is 38.6 Å². The fraction of sp³-hybridized carbons (Fsp3) is 0.409. The van der Waals surface area contributed by atoms with E-state index in [1.807, 2.05) is 0 Å². The van der Waals surface area contributed by atoms with Crippen molar-refractivity contribution in [2.45, 2.75) is 37.0 Å². The first kappa shape index (κ1) is 25.1. The maximum Gasteiger partial charge on any atom is 0.417 e. The fourth-order valence-corrected chi connectivity index (χ4v) is 5.18. The van der Waals surface area contributed by atoms with Crippen molar-refractivity contribution < 1.29 is 30.8 Å². The summed E-state index contributed by atoms with van der Waals surface area (Å²) >= 11 is 0. The summed E-state index contributed by atoms with van der Waals surface area (Å²) in [7, 11) is -4.58. The molecule has 0 spiro atoms. The van der Waals surface area contributed by atoms with E-state index in [0.717, 1.165) is 17.7 Å². The third kappa shape index (κ3) is 6.52. The van der Waals surface area contributed by atoms with Gasteiger partial charge in [0.05, 0.1) is 16.5 Å². The molecule has 0 unspecified atom stereocenters. The Labute approximate surface area is 190 Å². The van der Waals surface area contributed by atoms with E-state index >= 15 is 0 Å². The van der Waals surface area contributed by atoms with Gasteiger partial charge in [-0.15, -0.1) is 0 Å². The minimum atomic E-state index is -4.85. The number of nitrogens with zero attached hydrogens (tertiary/aromatic N) is 2. The van der Waals surface area contributed by atoms with Gasteiger partial charge in [0.25, 0.3) is 0 Å². The molecule has 2 aromatic carbocycles. The highest BCUT2D eigenvalue weighted by atomic mass is 32.2. The fourth-order valence-electron chi connectivity index (χ4n) is 3.75. The van der Waals surface area contributed by atoms with Crippen molar-refractivity contribution in [2.75, 3.05) is 26.2 Å². The molecule has 33 heavy (non-hydrogen) atoms. The Kier molecular flexibility index (Phi) is 7.76. The highest BCUT2D eigenvalue weighted by Crippen LogP contribution is 2.34. The first-order chi connectivity index (χ1) is 15.5. The van der Waals surface area contributed by atoms with Crippen LogP contribution in [0.4, 0.5) is 17.6 Å². The van der Waals surface area contributed by atoms with Gasteiger partial charge in [-0.2, -0.15) is 17.9 Å². The van der Waals surface area contributed by atoms with Crippen molar-refractivity contribution in [1.29, 1.82) is 0 Å². The van der Waals surface area contributed by atoms with Crippen molar-refractivity contribution in [3.63, 3.8) is 0 Å². The summed E-state index contributed by atoms with van der Waals surface area (Å²) in [4.78, 5) is 15.6. The molecule has 0 aromatic heterocycles. The van der Waals surface area contributed by atoms with Gasteiger partial charge in [0.2, 0.25) is 15.9 Å². The van der Waals surface area contributed by atoms with Crippen LogP contribution in [0.5, 0.6) is 0 Å². The summed E-state index contributed by atoms with van der Waals surface area (Å²) in [6, 6.07) is 8.76. The third-order valence-electron chi connectivity index (χ3n) is 5.40. The molecule has 1 atom stereocenters. The lowest BCUT2D eigenvalue weighted by Gasteiger charge is -2.25. The lowest BCUT2D eigenvalue weighted by molar-refractivity contribution is -0.139. The van der Waals surface area contributed by atoms with Gasteiger partial charge in [0, 0.05) is 32.7 Å². The summed E-state index contributed by atoms with van der Waals surface area (Å²) in [5.41, 5.74) is -0.357. The van der Waals surface area contributed by atoms with Crippen molar-refractivity contribution >= 4 is 15.9 Å². The Hall–Kier alpha value is -2.50. The molecular weight excluding hydrogens is 462 g/mol. The molecule has 1 fully saturated rings. The van der Waals surface area contributed by atoms with Gasteiger partial charge >= 0.3 is 6.18 Å². The predicted molar refractivity (Wildman–Crippen MR) is 114 cm³/mol. The summed E-state index contributed by atoms with van der Waals surface area (Å²) in [5, 5.41) is 0. The normalized spacial score (nSPS) is 16.9. The topological polar surface area (TPSA) is 69.7 Å². The molecule has 11 heteroatoms. The van der Waals surface area contributed by atoms with Crippen LogP contribution in [0.25, 0.3) is 0 Å². The van der Waals surface area contributed by atoms with Gasteiger partial charge in [-0.05, 0) is 43.2 Å². The molecular formula is C22H25F4N3O3S. The second kappa shape index (κ2) is 10.2. The van der Waals surface area contributed by atoms with Crippen molar-refractivity contribution in [2.24, 2.45) is 0 Å². The number of nitrogens with one attached hydrogen (secondary N) is 1. The van der Waals surface area contributed by atoms with Crippen LogP contribution in [0.3, 0.4) is 0 Å². The van der Waals surface area contributed by atoms with Crippen LogP contribution >= 0.6 is 0 Å². The highest BCUT2D eigenvalue weighted by Gasteiger charge is 2.38. The van der Waals surface area contributed by atoms with Crippen molar-refractivity contribution in [3.8, 4) is 0 Å². The van der Waals surface area contributed by atoms with Gasteiger partial charge in [-0.3, -0.25) is 9.69 Å². The molecule has 1 N–H and O–H groups in total. The summed E-state index contributed by atoms with van der Waals surface area (Å²) in [6.45, 7) is 3.85. The molecule has 1 amide bonds. The zero-order chi connectivity index (χ0) is 24.2. The largest absolute Gasteiger partial charge is 0.417 e. The molecule has 6 nitrogen and oxygen atoms in total. The summed E-state index contributed by atoms with van der Waals surface area (Å²) in [5.74, 6) is -0.826. The number of alkyl halides is 3. The van der Waals surface area contributed by atoms with Crippen molar-refractivity contribution in [3.05, 3.63) is 65.5 Å². The third-order valence-corrected chi connectivity index (χ3v) is 7.00. The number of benzene rings is 2. The molecule has 3 rings (SSSR count). The quantitative estimate of drug-likeness (QED) is 0.636. The van der Waals surface area contributed by atoms with E-state index in [-0.39, 0.29) is 5.82 Å². The zero-order valence-electron chi connectivity index (χ0n) is 18.0. The zero-order valence-corrected chi connectivity index (χ0v) is 18.8. The highest BCUT2D eigenvalue weighted by molar-refractivity contribution is 7.89. The first-order valence-corrected chi connectivity index (χ1v) is 11.9. The van der Waals surface area contributed by atoms with Crippen molar-refractivity contribution in [1.82, 2.24) is 14.5 Å². The molecule has 1 saturated heterocycles. The molecule has 0 aliphatic carbocycles. The van der Waals surface area contributed by atoms with Gasteiger partial charge < -0.3 is 4.90 Å². The average molecular weight is 488 g/mol. The Morgan fingerprint density at radius 2 is 1.70 bits per heavy atom. The Balaban J connectivity index is 1.63. The Bertz CT molecular complexity index is 1080. The summed E-state index contributed by atoms with van der Waals surface area (Å²) in [6.07, 6.45) is -4.21. The SMILES string of the molecule is C[C@H](NS(=O)(=O)c1ccccc1C(F)(F)F)C(=O)N1CCCN(Cc2ccc(F)cc2)CC1. The van der Waals surface area contributed by atoms with E-state index in [9.17, 15) is 30.8 Å². The van der Waals surface area contributed by atoms with Crippen LogP contribution in [0, 0.1) is 5.82 Å². The molecule has 0 bridgehead atoms. The number of halogens is 4. The van der Waals surface area contributed by atoms with Crippen LogP contribution in [-0.2, 0) is 27.5 Å². The van der Waals surface area contributed by atoms with Gasteiger partial charge in [0.1, 0.15) is 5.82 Å². The minimum absolute atomic E-state index is 0.319. The Morgan fingerprint density at radius 1 is 1.03 bits per heavy atom. The maximum atomic E-state index is 13.2. The Morgan fingerprint density at radius 3 is 2.36 bits per heavy atom. The standard InChI is InChI=1S/C22H25F4N3O3S/c1-16(27-33(31,32)20-6-3-2-5-19(20)22(24,25)26)21(30)29-12-4-11-28(13-14-29)15-17-7-9-18(23)10-8-17/h2-3,5-10,16,27H,4,11-15H2,1H3/t16-/m0/s1. The summed E-state index contributed by atoms with van der Waals surface area (Å²) < 4.78 is 80.1. The molecule has 180 valence electrons. The predicted octanol–water partition coefficient (Wildman–Crippen LogP) is 3.25. The minimum Gasteiger partial charge on any atom is -0.340 e. The molecule has 0 saturated carbocycles. The number of carbonyl (C=O) groups is 1. The maximum absolute atomic E-state index is 13.2. The van der Waals surface area contributed by atoms with Crippen LogP contribution in [0.15, 0.2) is 53.4 Å². The number of amides is 1. The smallest absolute Gasteiger partial charge is 0.340 e. The number of hydrogen-bond donors (Lipinski definition) is 1. The van der Waals surface area contributed by atoms with Gasteiger partial charge in [-0.25, -0.2) is 12.8 Å². The monoisotopic (exact) mass is 487 g/mol. The van der Waals surface area contributed by atoms with Gasteiger partial charge in [-0.1, -0.05) is 24.3 Å². The van der Waals surface area contributed by atoms with Crippen LogP contribution < -0.4 is 4.72 Å². The number of sulfonamides is 1. The van der Waals surface area contributed by atoms with Crippen LogP contribution in [-0.4, -0.2) is 56.3 Å². The molecule has 1 aliphatic rings. The molecule has 1 heterocycles. The second-order valence-electron chi connectivity index (χ2n) is 7.92. The van der Waals surface area contributed by atoms with E-state index in [1.54, 1.807) is 12.1 Å². The first-order valence-electron chi connectivity index (χ1n) is 10.4. The lowest BCUT2D eigenvalue weighted by atomic mass is 10.2. The molecule has 2 aromatic rings. The molecule has 0 radical (unpaired) electrons. The second-order valence-corrected chi connectivity index (χ2v) is 9.60. The van der Waals surface area contributed by atoms with E-state index in [1.165, 1.54) is 30.0 Å². The van der Waals surface area contributed by atoms with Crippen LogP contribution in [0.1, 0.15) is 24.5 Å². The average Bonchev–Trinajstić information content (AvgIpc) is 2.99. The van der Waals surface area contributed by atoms with E-state index in [2.05, 4.69) is 9.62 Å². The number of carbonyl (C=O) groups excluding carboxylic acids is 1. The van der Waals surface area contributed by atoms with Crippen LogP contribution in [0.2, 0.25) is 0 Å².